The molecule has 3 nitrogen and oxygen atoms in total. The maximum absolute atomic E-state index is 6.47. The third kappa shape index (κ3) is 3.65. The molecular formula is C34H28N2O. The Labute approximate surface area is 216 Å². The Hall–Kier alpha value is -4.24. The summed E-state index contributed by atoms with van der Waals surface area (Å²) in [7, 11) is 0. The molecular weight excluding hydrogens is 452 g/mol. The number of hydrogen-bond donors (Lipinski definition) is 0. The van der Waals surface area contributed by atoms with Crippen LogP contribution in [0.5, 0.6) is 0 Å². The molecule has 3 aromatic heterocycles. The van der Waals surface area contributed by atoms with E-state index in [1.54, 1.807) is 0 Å². The average Bonchev–Trinajstić information content (AvgIpc) is 3.32. The highest BCUT2D eigenvalue weighted by atomic mass is 16.3. The summed E-state index contributed by atoms with van der Waals surface area (Å²) in [4.78, 5) is 9.63. The SMILES string of the molecule is CC(C)Cc1cncc2c1CCc1oc3ccnc(-c4cc(-c5ccccc5)c5ccccc5c4)c3c1-2. The molecule has 7 rings (SSSR count). The van der Waals surface area contributed by atoms with Crippen molar-refractivity contribution >= 4 is 21.7 Å². The number of aryl methyl sites for hydroxylation is 1. The molecule has 37 heavy (non-hydrogen) atoms. The first-order valence-corrected chi connectivity index (χ1v) is 13.1. The number of aromatic nitrogens is 2. The minimum Gasteiger partial charge on any atom is -0.460 e. The highest BCUT2D eigenvalue weighted by Crippen LogP contribution is 2.45. The fourth-order valence-electron chi connectivity index (χ4n) is 5.97. The van der Waals surface area contributed by atoms with E-state index in [4.69, 9.17) is 9.40 Å². The summed E-state index contributed by atoms with van der Waals surface area (Å²) in [6, 6.07) is 25.8. The van der Waals surface area contributed by atoms with E-state index in [1.807, 2.05) is 18.5 Å². The largest absolute Gasteiger partial charge is 0.460 e. The van der Waals surface area contributed by atoms with Crippen molar-refractivity contribution in [2.45, 2.75) is 33.1 Å². The second-order valence-electron chi connectivity index (χ2n) is 10.5. The Morgan fingerprint density at radius 1 is 0.838 bits per heavy atom. The lowest BCUT2D eigenvalue weighted by atomic mass is 9.84. The third-order valence-corrected chi connectivity index (χ3v) is 7.54. The van der Waals surface area contributed by atoms with E-state index >= 15 is 0 Å². The van der Waals surface area contributed by atoms with Crippen LogP contribution >= 0.6 is 0 Å². The lowest BCUT2D eigenvalue weighted by molar-refractivity contribution is 0.544. The Morgan fingerprint density at radius 3 is 2.54 bits per heavy atom. The van der Waals surface area contributed by atoms with Gasteiger partial charge in [-0.05, 0) is 70.0 Å². The van der Waals surface area contributed by atoms with Crippen molar-refractivity contribution in [3.63, 3.8) is 0 Å². The number of benzene rings is 3. The van der Waals surface area contributed by atoms with Gasteiger partial charge < -0.3 is 4.42 Å². The minimum absolute atomic E-state index is 0.585. The van der Waals surface area contributed by atoms with Crippen molar-refractivity contribution in [3.05, 3.63) is 108 Å². The average molecular weight is 481 g/mol. The van der Waals surface area contributed by atoms with Crippen LogP contribution in [0, 0.1) is 5.92 Å². The van der Waals surface area contributed by atoms with Gasteiger partial charge in [-0.15, -0.1) is 0 Å². The number of hydrogen-bond acceptors (Lipinski definition) is 3. The normalized spacial score (nSPS) is 12.7. The number of pyridine rings is 2. The summed E-state index contributed by atoms with van der Waals surface area (Å²) in [5.41, 5.74) is 10.5. The van der Waals surface area contributed by atoms with Gasteiger partial charge in [-0.25, -0.2) is 0 Å². The highest BCUT2D eigenvalue weighted by Gasteiger charge is 2.27. The molecule has 180 valence electrons. The molecule has 0 saturated carbocycles. The summed E-state index contributed by atoms with van der Waals surface area (Å²) in [6.45, 7) is 4.54. The molecule has 0 radical (unpaired) electrons. The summed E-state index contributed by atoms with van der Waals surface area (Å²) < 4.78 is 6.47. The van der Waals surface area contributed by atoms with Crippen molar-refractivity contribution in [1.29, 1.82) is 0 Å². The van der Waals surface area contributed by atoms with E-state index in [0.717, 1.165) is 47.2 Å². The van der Waals surface area contributed by atoms with Crippen molar-refractivity contribution in [3.8, 4) is 33.5 Å². The Balaban J connectivity index is 1.50. The van der Waals surface area contributed by atoms with Crippen molar-refractivity contribution in [2.75, 3.05) is 0 Å². The van der Waals surface area contributed by atoms with Gasteiger partial charge in [0.1, 0.15) is 11.3 Å². The van der Waals surface area contributed by atoms with Gasteiger partial charge in [-0.2, -0.15) is 0 Å². The number of furan rings is 1. The molecule has 1 aliphatic rings. The Bertz CT molecular complexity index is 1780. The van der Waals surface area contributed by atoms with Gasteiger partial charge >= 0.3 is 0 Å². The molecule has 0 fully saturated rings. The van der Waals surface area contributed by atoms with E-state index in [0.29, 0.717) is 5.92 Å². The van der Waals surface area contributed by atoms with E-state index in [2.05, 4.69) is 91.8 Å². The highest BCUT2D eigenvalue weighted by molar-refractivity contribution is 6.08. The predicted molar refractivity (Wildman–Crippen MR) is 152 cm³/mol. The minimum atomic E-state index is 0.585. The Morgan fingerprint density at radius 2 is 1.68 bits per heavy atom. The van der Waals surface area contributed by atoms with Crippen LogP contribution < -0.4 is 0 Å². The van der Waals surface area contributed by atoms with E-state index in [1.165, 1.54) is 44.2 Å². The zero-order valence-electron chi connectivity index (χ0n) is 21.2. The van der Waals surface area contributed by atoms with Crippen LogP contribution in [0.1, 0.15) is 30.7 Å². The van der Waals surface area contributed by atoms with Gasteiger partial charge in [-0.1, -0.05) is 68.4 Å². The molecule has 0 atom stereocenters. The van der Waals surface area contributed by atoms with Crippen LogP contribution in [0.25, 0.3) is 55.3 Å². The maximum Gasteiger partial charge on any atom is 0.138 e. The lowest BCUT2D eigenvalue weighted by Gasteiger charge is -2.20. The zero-order valence-corrected chi connectivity index (χ0v) is 21.2. The number of rotatable bonds is 4. The van der Waals surface area contributed by atoms with E-state index in [-0.39, 0.29) is 0 Å². The van der Waals surface area contributed by atoms with Gasteiger partial charge in [-0.3, -0.25) is 9.97 Å². The smallest absolute Gasteiger partial charge is 0.138 e. The summed E-state index contributed by atoms with van der Waals surface area (Å²) in [5, 5.41) is 3.54. The molecule has 6 aromatic rings. The maximum atomic E-state index is 6.47. The Kier molecular flexibility index (Phi) is 5.17. The molecule has 3 heterocycles. The van der Waals surface area contributed by atoms with Crippen LogP contribution in [0.4, 0.5) is 0 Å². The van der Waals surface area contributed by atoms with Crippen LogP contribution in [0.15, 0.2) is 95.8 Å². The third-order valence-electron chi connectivity index (χ3n) is 7.54. The fraction of sp³-hybridized carbons (Fsp3) is 0.176. The first kappa shape index (κ1) is 22.0. The van der Waals surface area contributed by atoms with Gasteiger partial charge in [0.15, 0.2) is 0 Å². The van der Waals surface area contributed by atoms with Crippen LogP contribution in [0.2, 0.25) is 0 Å². The van der Waals surface area contributed by atoms with Crippen LogP contribution in [-0.4, -0.2) is 9.97 Å². The zero-order chi connectivity index (χ0) is 24.9. The first-order chi connectivity index (χ1) is 18.2. The second-order valence-corrected chi connectivity index (χ2v) is 10.5. The molecule has 0 spiro atoms. The van der Waals surface area contributed by atoms with Gasteiger partial charge in [0.25, 0.3) is 0 Å². The van der Waals surface area contributed by atoms with Crippen molar-refractivity contribution < 1.29 is 4.42 Å². The van der Waals surface area contributed by atoms with Crippen molar-refractivity contribution in [1.82, 2.24) is 9.97 Å². The van der Waals surface area contributed by atoms with Crippen molar-refractivity contribution in [2.24, 2.45) is 5.92 Å². The van der Waals surface area contributed by atoms with Gasteiger partial charge in [0.2, 0.25) is 0 Å². The van der Waals surface area contributed by atoms with Crippen LogP contribution in [0.3, 0.4) is 0 Å². The summed E-state index contributed by atoms with van der Waals surface area (Å²) in [5.74, 6) is 1.63. The molecule has 0 unspecified atom stereocenters. The molecule has 0 aliphatic heterocycles. The lowest BCUT2D eigenvalue weighted by Crippen LogP contribution is -2.08. The van der Waals surface area contributed by atoms with Crippen LogP contribution in [-0.2, 0) is 19.3 Å². The van der Waals surface area contributed by atoms with Gasteiger partial charge in [0.05, 0.1) is 11.1 Å². The monoisotopic (exact) mass is 480 g/mol. The molecule has 0 N–H and O–H groups in total. The number of fused-ring (bicyclic) bond motifs is 6. The molecule has 3 aromatic carbocycles. The topological polar surface area (TPSA) is 38.9 Å². The number of nitrogens with zero attached hydrogens (tertiary/aromatic N) is 2. The van der Waals surface area contributed by atoms with E-state index in [9.17, 15) is 0 Å². The standard InChI is InChI=1S/C34H28N2O/c1-21(2)16-25-19-35-20-29-27(25)12-13-30-32(29)33-31(37-30)14-15-36-34(33)24-17-23-10-6-7-11-26(23)28(18-24)22-8-4-3-5-9-22/h3-11,14-15,17-21H,12-13,16H2,1-2H3. The second kappa shape index (κ2) is 8.70. The molecule has 3 heteroatoms. The predicted octanol–water partition coefficient (Wildman–Crippen LogP) is 8.67. The fourth-order valence-corrected chi connectivity index (χ4v) is 5.97. The summed E-state index contributed by atoms with van der Waals surface area (Å²) in [6.07, 6.45) is 8.89. The molecule has 0 saturated heterocycles. The molecule has 1 aliphatic carbocycles. The first-order valence-electron chi connectivity index (χ1n) is 13.1. The van der Waals surface area contributed by atoms with E-state index < -0.39 is 0 Å². The summed E-state index contributed by atoms with van der Waals surface area (Å²) >= 11 is 0. The van der Waals surface area contributed by atoms with Gasteiger partial charge in [0, 0.05) is 41.7 Å². The molecule has 0 bridgehead atoms. The quantitative estimate of drug-likeness (QED) is 0.253. The molecule has 0 amide bonds.